The molecule has 1 aliphatic heterocycles. The second kappa shape index (κ2) is 11.1. The van der Waals surface area contributed by atoms with Gasteiger partial charge in [0.1, 0.15) is 0 Å². The smallest absolute Gasteiger partial charge is 0.409 e. The lowest BCUT2D eigenvalue weighted by atomic mass is 9.83. The molecule has 2 aliphatic rings. The van der Waals surface area contributed by atoms with Gasteiger partial charge in [0.2, 0.25) is 0 Å². The predicted octanol–water partition coefficient (Wildman–Crippen LogP) is 3.49. The van der Waals surface area contributed by atoms with E-state index in [1.807, 2.05) is 6.92 Å². The monoisotopic (exact) mass is 466 g/mol. The lowest BCUT2D eigenvalue weighted by Crippen LogP contribution is -2.48. The Morgan fingerprint density at radius 1 is 1.24 bits per heavy atom. The van der Waals surface area contributed by atoms with E-state index < -0.39 is 0 Å². The van der Waals surface area contributed by atoms with Crippen molar-refractivity contribution in [2.75, 3.05) is 26.2 Å². The minimum absolute atomic E-state index is 0. The summed E-state index contributed by atoms with van der Waals surface area (Å²) < 4.78 is 5.04. The molecule has 7 heteroatoms. The molecule has 0 aromatic rings. The lowest BCUT2D eigenvalue weighted by molar-refractivity contribution is 0.0963. The molecule has 6 nitrogen and oxygen atoms in total. The third-order valence-electron chi connectivity index (χ3n) is 5.31. The van der Waals surface area contributed by atoms with Gasteiger partial charge in [-0.1, -0.05) is 32.6 Å². The summed E-state index contributed by atoms with van der Waals surface area (Å²) in [5.74, 6) is 0.551. The van der Waals surface area contributed by atoms with Crippen molar-refractivity contribution in [1.29, 1.82) is 0 Å². The zero-order valence-electron chi connectivity index (χ0n) is 15.8. The van der Waals surface area contributed by atoms with Gasteiger partial charge in [0.15, 0.2) is 5.96 Å². The van der Waals surface area contributed by atoms with Crippen molar-refractivity contribution in [2.24, 2.45) is 16.1 Å². The summed E-state index contributed by atoms with van der Waals surface area (Å²) in [5, 5.41) is 3.33. The highest BCUT2D eigenvalue weighted by Gasteiger charge is 2.26. The van der Waals surface area contributed by atoms with Crippen LogP contribution in [-0.2, 0) is 4.74 Å². The van der Waals surface area contributed by atoms with Crippen molar-refractivity contribution < 1.29 is 9.53 Å². The van der Waals surface area contributed by atoms with Gasteiger partial charge < -0.3 is 20.7 Å². The number of carbonyl (C=O) groups excluding carboxylic acids is 1. The number of ether oxygens (including phenoxy) is 1. The Balaban J connectivity index is 0.00000312. The summed E-state index contributed by atoms with van der Waals surface area (Å²) >= 11 is 0. The average Bonchev–Trinajstić information content (AvgIpc) is 2.79. The first-order valence-corrected chi connectivity index (χ1v) is 9.50. The number of nitrogens with one attached hydrogen (secondary N) is 1. The van der Waals surface area contributed by atoms with Gasteiger partial charge >= 0.3 is 6.09 Å². The van der Waals surface area contributed by atoms with E-state index in [4.69, 9.17) is 10.5 Å². The number of nitrogens with two attached hydrogens (primary N) is 1. The quantitative estimate of drug-likeness (QED) is 0.288. The van der Waals surface area contributed by atoms with Crippen LogP contribution in [0.25, 0.3) is 0 Å². The zero-order chi connectivity index (χ0) is 17.4. The first kappa shape index (κ1) is 22.3. The Kier molecular flexibility index (Phi) is 9.89. The molecule has 25 heavy (non-hydrogen) atoms. The Hall–Kier alpha value is -0.730. The molecule has 0 aromatic heterocycles. The van der Waals surface area contributed by atoms with Gasteiger partial charge in [0, 0.05) is 25.7 Å². The molecule has 0 spiro atoms. The minimum Gasteiger partial charge on any atom is -0.450 e. The molecule has 0 radical (unpaired) electrons. The zero-order valence-corrected chi connectivity index (χ0v) is 18.1. The maximum atomic E-state index is 11.7. The molecule has 1 aliphatic carbocycles. The normalized spacial score (nSPS) is 21.8. The third kappa shape index (κ3) is 7.58. The second-order valence-corrected chi connectivity index (χ2v) is 7.53. The van der Waals surface area contributed by atoms with Crippen molar-refractivity contribution in [1.82, 2.24) is 10.2 Å². The number of likely N-dealkylation sites (tertiary alicyclic amines) is 1. The summed E-state index contributed by atoms with van der Waals surface area (Å²) in [5.41, 5.74) is 6.40. The molecule has 1 saturated carbocycles. The maximum absolute atomic E-state index is 11.7. The lowest BCUT2D eigenvalue weighted by Gasteiger charge is -2.32. The number of amides is 1. The number of hydrogen-bond donors (Lipinski definition) is 2. The summed E-state index contributed by atoms with van der Waals surface area (Å²) in [4.78, 5) is 18.1. The van der Waals surface area contributed by atoms with Crippen molar-refractivity contribution in [3.63, 3.8) is 0 Å². The van der Waals surface area contributed by atoms with Gasteiger partial charge in [-0.3, -0.25) is 4.99 Å². The van der Waals surface area contributed by atoms with E-state index in [1.165, 1.54) is 38.5 Å². The van der Waals surface area contributed by atoms with E-state index in [-0.39, 0.29) is 30.1 Å². The van der Waals surface area contributed by atoms with Gasteiger partial charge in [0.25, 0.3) is 0 Å². The minimum atomic E-state index is -0.209. The van der Waals surface area contributed by atoms with Gasteiger partial charge in [-0.2, -0.15) is 0 Å². The van der Waals surface area contributed by atoms with Crippen molar-refractivity contribution >= 4 is 36.0 Å². The molecule has 1 amide bonds. The van der Waals surface area contributed by atoms with Crippen molar-refractivity contribution in [3.8, 4) is 0 Å². The summed E-state index contributed by atoms with van der Waals surface area (Å²) in [6.07, 6.45) is 9.39. The molecule has 146 valence electrons. The number of rotatable bonds is 4. The van der Waals surface area contributed by atoms with Crippen LogP contribution in [0.1, 0.15) is 65.2 Å². The standard InChI is InChI=1S/C18H34N4O2.HI/c1-3-24-17(23)22-12-8-15(9-13-22)21-16(19)20-14-18(2)10-6-4-5-7-11-18;/h15H,3-14H2,1-2H3,(H3,19,20,21);1H. The number of aliphatic imine (C=N–C) groups is 1. The van der Waals surface area contributed by atoms with E-state index in [1.54, 1.807) is 4.90 Å². The molecule has 0 bridgehead atoms. The Bertz CT molecular complexity index is 429. The number of piperidine rings is 1. The van der Waals surface area contributed by atoms with E-state index in [2.05, 4.69) is 17.2 Å². The van der Waals surface area contributed by atoms with E-state index in [0.717, 1.165) is 19.4 Å². The van der Waals surface area contributed by atoms with E-state index in [9.17, 15) is 4.79 Å². The van der Waals surface area contributed by atoms with Gasteiger partial charge in [-0.15, -0.1) is 24.0 Å². The van der Waals surface area contributed by atoms with Crippen LogP contribution < -0.4 is 11.1 Å². The Morgan fingerprint density at radius 2 is 1.84 bits per heavy atom. The summed E-state index contributed by atoms with van der Waals surface area (Å²) in [6, 6.07) is 0.293. The molecule has 2 fully saturated rings. The number of guanidine groups is 1. The molecule has 0 aromatic carbocycles. The SMILES string of the molecule is CCOC(=O)N1CCC(NC(N)=NCC2(C)CCCCCC2)CC1.I. The fourth-order valence-electron chi connectivity index (χ4n) is 3.69. The molecule has 0 atom stereocenters. The number of carbonyl (C=O) groups is 1. The Labute approximate surface area is 169 Å². The van der Waals surface area contributed by atoms with Crippen LogP contribution in [0.15, 0.2) is 4.99 Å². The fourth-order valence-corrected chi connectivity index (χ4v) is 3.69. The predicted molar refractivity (Wildman–Crippen MR) is 112 cm³/mol. The number of nitrogens with zero attached hydrogens (tertiary/aromatic N) is 2. The highest BCUT2D eigenvalue weighted by atomic mass is 127. The van der Waals surface area contributed by atoms with Gasteiger partial charge in [-0.25, -0.2) is 4.79 Å². The first-order valence-electron chi connectivity index (χ1n) is 9.50. The van der Waals surface area contributed by atoms with Crippen LogP contribution in [0.4, 0.5) is 4.79 Å². The summed E-state index contributed by atoms with van der Waals surface area (Å²) in [7, 11) is 0. The number of halogens is 1. The second-order valence-electron chi connectivity index (χ2n) is 7.53. The molecule has 1 heterocycles. The fraction of sp³-hybridized carbons (Fsp3) is 0.889. The van der Waals surface area contributed by atoms with E-state index >= 15 is 0 Å². The highest BCUT2D eigenvalue weighted by molar-refractivity contribution is 14.0. The van der Waals surface area contributed by atoms with Crippen molar-refractivity contribution in [3.05, 3.63) is 0 Å². The topological polar surface area (TPSA) is 80.0 Å². The molecule has 0 unspecified atom stereocenters. The number of hydrogen-bond acceptors (Lipinski definition) is 3. The third-order valence-corrected chi connectivity index (χ3v) is 5.31. The molecular weight excluding hydrogens is 431 g/mol. The molecule has 3 N–H and O–H groups in total. The van der Waals surface area contributed by atoms with Crippen LogP contribution in [0.5, 0.6) is 0 Å². The molecular formula is C18H35IN4O2. The van der Waals surface area contributed by atoms with Crippen molar-refractivity contribution in [2.45, 2.75) is 71.3 Å². The summed E-state index contributed by atoms with van der Waals surface area (Å²) in [6.45, 7) is 6.83. The Morgan fingerprint density at radius 3 is 2.40 bits per heavy atom. The van der Waals surface area contributed by atoms with Gasteiger partial charge in [0.05, 0.1) is 6.61 Å². The van der Waals surface area contributed by atoms with Crippen LogP contribution in [0.3, 0.4) is 0 Å². The largest absolute Gasteiger partial charge is 0.450 e. The van der Waals surface area contributed by atoms with Crippen LogP contribution in [-0.4, -0.2) is 49.2 Å². The first-order chi connectivity index (χ1) is 11.5. The van der Waals surface area contributed by atoms with Gasteiger partial charge in [-0.05, 0) is 38.0 Å². The van der Waals surface area contributed by atoms with Crippen LogP contribution >= 0.6 is 24.0 Å². The van der Waals surface area contributed by atoms with Crippen LogP contribution in [0, 0.1) is 5.41 Å². The molecule has 2 rings (SSSR count). The molecule has 1 saturated heterocycles. The van der Waals surface area contributed by atoms with E-state index in [0.29, 0.717) is 37.1 Å². The highest BCUT2D eigenvalue weighted by Crippen LogP contribution is 2.34. The average molecular weight is 466 g/mol. The maximum Gasteiger partial charge on any atom is 0.409 e. The van der Waals surface area contributed by atoms with Crippen LogP contribution in [0.2, 0.25) is 0 Å².